The van der Waals surface area contributed by atoms with Crippen molar-refractivity contribution in [2.24, 2.45) is 0 Å². The molecule has 0 radical (unpaired) electrons. The molecule has 3 nitrogen and oxygen atoms in total. The Morgan fingerprint density at radius 3 is 1.95 bits per heavy atom. The van der Waals surface area contributed by atoms with E-state index in [-0.39, 0.29) is 0 Å². The first-order valence-electron chi connectivity index (χ1n) is 6.06. The Labute approximate surface area is 113 Å². The maximum Gasteiger partial charge on any atom is 0.359 e. The summed E-state index contributed by atoms with van der Waals surface area (Å²) in [4.78, 5) is 10.1. The Morgan fingerprint density at radius 2 is 1.42 bits per heavy atom. The quantitative estimate of drug-likeness (QED) is 0.870. The molecule has 2 rings (SSSR count). The molecule has 19 heavy (non-hydrogen) atoms. The maximum absolute atomic E-state index is 12.3. The lowest BCUT2D eigenvalue weighted by Crippen LogP contribution is -2.23. The molecule has 0 amide bonds. The summed E-state index contributed by atoms with van der Waals surface area (Å²) in [5.41, 5.74) is 0.0293. The van der Waals surface area contributed by atoms with E-state index < -0.39 is 13.2 Å². The van der Waals surface area contributed by atoms with Gasteiger partial charge in [-0.05, 0) is 31.5 Å². The Balaban J connectivity index is 2.28. The predicted octanol–water partition coefficient (Wildman–Crippen LogP) is 3.45. The van der Waals surface area contributed by atoms with Gasteiger partial charge in [0.05, 0.1) is 10.9 Å². The molecule has 0 saturated heterocycles. The van der Waals surface area contributed by atoms with Crippen LogP contribution < -0.4 is 5.30 Å². The first-order valence-corrected chi connectivity index (χ1v) is 7.64. The second kappa shape index (κ2) is 5.30. The van der Waals surface area contributed by atoms with Crippen LogP contribution in [0.1, 0.15) is 19.4 Å². The summed E-state index contributed by atoms with van der Waals surface area (Å²) >= 11 is 0. The number of rotatable bonds is 4. The largest absolute Gasteiger partial charge is 0.359 e. The normalized spacial score (nSPS) is 14.9. The number of benzene rings is 2. The lowest BCUT2D eigenvalue weighted by Gasteiger charge is -2.28. The molecule has 2 aromatic rings. The Hall–Kier alpha value is -1.41. The molecule has 0 aliphatic rings. The molecule has 0 fully saturated rings. The fraction of sp³-hybridized carbons (Fsp3) is 0.200. The molecule has 2 aromatic carbocycles. The van der Waals surface area contributed by atoms with Crippen LogP contribution in [0.15, 0.2) is 60.7 Å². The third kappa shape index (κ3) is 3.32. The number of hydrogen-bond donors (Lipinski definition) is 1. The zero-order valence-electron chi connectivity index (χ0n) is 11.0. The molecule has 0 aliphatic heterocycles. The van der Waals surface area contributed by atoms with Gasteiger partial charge in [0.15, 0.2) is 0 Å². The van der Waals surface area contributed by atoms with Gasteiger partial charge in [0, 0.05) is 0 Å². The smallest absolute Gasteiger partial charge is 0.321 e. The van der Waals surface area contributed by atoms with Crippen LogP contribution in [0.4, 0.5) is 0 Å². The van der Waals surface area contributed by atoms with Gasteiger partial charge in [-0.2, -0.15) is 0 Å². The SMILES string of the molecule is CC(C)(OP(=O)(O)c1ccccc1)c1ccccc1. The van der Waals surface area contributed by atoms with Crippen molar-refractivity contribution in [1.29, 1.82) is 0 Å². The minimum absolute atomic E-state index is 0.305. The van der Waals surface area contributed by atoms with E-state index in [4.69, 9.17) is 4.52 Å². The van der Waals surface area contributed by atoms with Gasteiger partial charge in [-0.25, -0.2) is 0 Å². The first-order chi connectivity index (χ1) is 8.92. The predicted molar refractivity (Wildman–Crippen MR) is 76.5 cm³/mol. The van der Waals surface area contributed by atoms with Crippen molar-refractivity contribution in [3.8, 4) is 0 Å². The van der Waals surface area contributed by atoms with Gasteiger partial charge in [-0.3, -0.25) is 9.09 Å². The molecule has 0 aromatic heterocycles. The van der Waals surface area contributed by atoms with Gasteiger partial charge < -0.3 is 4.89 Å². The van der Waals surface area contributed by atoms with E-state index in [1.807, 2.05) is 30.3 Å². The van der Waals surface area contributed by atoms with Gasteiger partial charge in [0.2, 0.25) is 0 Å². The van der Waals surface area contributed by atoms with Crippen molar-refractivity contribution < 1.29 is 14.0 Å². The van der Waals surface area contributed by atoms with Gasteiger partial charge in [-0.1, -0.05) is 48.5 Å². The minimum atomic E-state index is -3.83. The van der Waals surface area contributed by atoms with Crippen molar-refractivity contribution in [3.05, 3.63) is 66.2 Å². The fourth-order valence-electron chi connectivity index (χ4n) is 1.87. The standard InChI is InChI=1S/C15H17O3P/c1-15(2,13-9-5-3-6-10-13)18-19(16,17)14-11-7-4-8-12-14/h3-12H,1-2H3,(H,16,17). The van der Waals surface area contributed by atoms with Crippen molar-refractivity contribution in [3.63, 3.8) is 0 Å². The molecule has 0 bridgehead atoms. The van der Waals surface area contributed by atoms with Crippen LogP contribution in [0, 0.1) is 0 Å². The first kappa shape index (κ1) is 14.0. The van der Waals surface area contributed by atoms with Gasteiger partial charge in [0.25, 0.3) is 0 Å². The molecule has 0 aliphatic carbocycles. The van der Waals surface area contributed by atoms with Crippen molar-refractivity contribution in [2.45, 2.75) is 19.4 Å². The summed E-state index contributed by atoms with van der Waals surface area (Å²) in [5, 5.41) is 0.305. The summed E-state index contributed by atoms with van der Waals surface area (Å²) in [6.07, 6.45) is 0. The zero-order valence-corrected chi connectivity index (χ0v) is 11.9. The van der Waals surface area contributed by atoms with E-state index in [0.29, 0.717) is 5.30 Å². The van der Waals surface area contributed by atoms with Crippen LogP contribution in [0.2, 0.25) is 0 Å². The summed E-state index contributed by atoms with van der Waals surface area (Å²) < 4.78 is 17.8. The van der Waals surface area contributed by atoms with Crippen molar-refractivity contribution in [2.75, 3.05) is 0 Å². The second-order valence-electron chi connectivity index (χ2n) is 4.82. The van der Waals surface area contributed by atoms with E-state index in [0.717, 1.165) is 5.56 Å². The minimum Gasteiger partial charge on any atom is -0.321 e. The highest BCUT2D eigenvalue weighted by Crippen LogP contribution is 2.47. The van der Waals surface area contributed by atoms with E-state index >= 15 is 0 Å². The maximum atomic E-state index is 12.3. The highest BCUT2D eigenvalue weighted by Gasteiger charge is 2.33. The average Bonchev–Trinajstić information content (AvgIpc) is 2.40. The molecule has 0 saturated carbocycles. The third-order valence-corrected chi connectivity index (χ3v) is 4.56. The van der Waals surface area contributed by atoms with Gasteiger partial charge in [0.1, 0.15) is 0 Å². The van der Waals surface area contributed by atoms with Gasteiger partial charge in [-0.15, -0.1) is 0 Å². The van der Waals surface area contributed by atoms with E-state index in [9.17, 15) is 9.46 Å². The zero-order chi connectivity index (χ0) is 13.9. The lowest BCUT2D eigenvalue weighted by molar-refractivity contribution is 0.0956. The molecule has 4 heteroatoms. The van der Waals surface area contributed by atoms with Crippen molar-refractivity contribution in [1.82, 2.24) is 0 Å². The van der Waals surface area contributed by atoms with Crippen LogP contribution in [-0.4, -0.2) is 4.89 Å². The highest BCUT2D eigenvalue weighted by atomic mass is 31.2. The van der Waals surface area contributed by atoms with Crippen LogP contribution in [-0.2, 0) is 14.7 Å². The molecule has 0 spiro atoms. The third-order valence-electron chi connectivity index (χ3n) is 2.90. The van der Waals surface area contributed by atoms with Crippen LogP contribution in [0.5, 0.6) is 0 Å². The molecular formula is C15H17O3P. The Kier molecular flexibility index (Phi) is 3.91. The Bertz CT molecular complexity index is 579. The summed E-state index contributed by atoms with van der Waals surface area (Å²) in [7, 11) is -3.83. The molecular weight excluding hydrogens is 259 g/mol. The van der Waals surface area contributed by atoms with E-state index in [1.165, 1.54) is 0 Å². The topological polar surface area (TPSA) is 46.5 Å². The van der Waals surface area contributed by atoms with Crippen molar-refractivity contribution >= 4 is 12.9 Å². The fourth-order valence-corrected chi connectivity index (χ4v) is 3.25. The highest BCUT2D eigenvalue weighted by molar-refractivity contribution is 7.61. The number of hydrogen-bond acceptors (Lipinski definition) is 2. The molecule has 1 N–H and O–H groups in total. The molecule has 100 valence electrons. The molecule has 1 atom stereocenters. The lowest BCUT2D eigenvalue weighted by atomic mass is 9.99. The Morgan fingerprint density at radius 1 is 0.947 bits per heavy atom. The van der Waals surface area contributed by atoms with Gasteiger partial charge >= 0.3 is 7.60 Å². The molecule has 1 unspecified atom stereocenters. The van der Waals surface area contributed by atoms with Crippen LogP contribution in [0.25, 0.3) is 0 Å². The van der Waals surface area contributed by atoms with Crippen LogP contribution in [0.3, 0.4) is 0 Å². The second-order valence-corrected chi connectivity index (χ2v) is 6.56. The summed E-state index contributed by atoms with van der Waals surface area (Å²) in [6, 6.07) is 17.9. The monoisotopic (exact) mass is 276 g/mol. The van der Waals surface area contributed by atoms with Crippen LogP contribution >= 0.6 is 7.60 Å². The molecule has 0 heterocycles. The average molecular weight is 276 g/mol. The summed E-state index contributed by atoms with van der Waals surface area (Å²) in [6.45, 7) is 3.57. The van der Waals surface area contributed by atoms with E-state index in [2.05, 4.69) is 0 Å². The van der Waals surface area contributed by atoms with E-state index in [1.54, 1.807) is 44.2 Å². The summed E-state index contributed by atoms with van der Waals surface area (Å²) in [5.74, 6) is 0.